The van der Waals surface area contributed by atoms with Gasteiger partial charge < -0.3 is 4.42 Å². The maximum absolute atomic E-state index is 8.47. The van der Waals surface area contributed by atoms with Gasteiger partial charge in [-0.25, -0.2) is 0 Å². The normalized spacial score (nSPS) is 10.5. The first-order valence-electron chi connectivity index (χ1n) is 4.85. The van der Waals surface area contributed by atoms with Gasteiger partial charge in [-0.3, -0.25) is 0 Å². The molecule has 0 N–H and O–H groups in total. The third kappa shape index (κ3) is 1.14. The highest BCUT2D eigenvalue weighted by molar-refractivity contribution is 6.08. The largest absolute Gasteiger partial charge is 0.456 e. The van der Waals surface area contributed by atoms with Gasteiger partial charge in [0, 0.05) is 15.7 Å². The molecule has 4 nitrogen and oxygen atoms in total. The molecule has 2 aromatic carbocycles. The molecule has 4 heteroatoms. The van der Waals surface area contributed by atoms with Crippen molar-refractivity contribution < 1.29 is 4.42 Å². The molecule has 1 aromatic heterocycles. The number of hydrogen-bond donors (Lipinski definition) is 0. The van der Waals surface area contributed by atoms with Crippen LogP contribution in [-0.2, 0) is 0 Å². The van der Waals surface area contributed by atoms with Crippen LogP contribution in [0.2, 0.25) is 0 Å². The maximum Gasteiger partial charge on any atom is 0.144 e. The van der Waals surface area contributed by atoms with Gasteiger partial charge in [0.05, 0.1) is 5.69 Å². The van der Waals surface area contributed by atoms with Gasteiger partial charge in [-0.1, -0.05) is 35.4 Å². The number of nitrogens with zero attached hydrogens (tertiary/aromatic N) is 3. The molecule has 0 aliphatic heterocycles. The lowest BCUT2D eigenvalue weighted by Crippen LogP contribution is -1.66. The minimum absolute atomic E-state index is 0.524. The van der Waals surface area contributed by atoms with E-state index in [1.54, 1.807) is 6.07 Å². The molecule has 0 spiro atoms. The highest BCUT2D eigenvalue weighted by Gasteiger charge is 2.08. The fraction of sp³-hybridized carbons (Fsp3) is 0. The molecule has 0 unspecified atom stereocenters. The lowest BCUT2D eigenvalue weighted by atomic mass is 10.1. The van der Waals surface area contributed by atoms with Crippen LogP contribution in [0.4, 0.5) is 5.69 Å². The first-order chi connectivity index (χ1) is 7.90. The average molecular weight is 209 g/mol. The van der Waals surface area contributed by atoms with E-state index in [9.17, 15) is 0 Å². The van der Waals surface area contributed by atoms with Gasteiger partial charge in [-0.2, -0.15) is 0 Å². The van der Waals surface area contributed by atoms with Gasteiger partial charge in [-0.15, -0.1) is 0 Å². The van der Waals surface area contributed by atoms with Crippen molar-refractivity contribution in [1.82, 2.24) is 0 Å². The van der Waals surface area contributed by atoms with Crippen LogP contribution in [0, 0.1) is 0 Å². The Labute approximate surface area is 90.7 Å². The van der Waals surface area contributed by atoms with Crippen LogP contribution in [0.15, 0.2) is 52.0 Å². The first kappa shape index (κ1) is 8.83. The highest BCUT2D eigenvalue weighted by atomic mass is 16.3. The fourth-order valence-corrected chi connectivity index (χ4v) is 1.86. The molecule has 3 rings (SSSR count). The van der Waals surface area contributed by atoms with E-state index in [0.717, 1.165) is 16.4 Å². The van der Waals surface area contributed by atoms with E-state index in [1.807, 2.05) is 36.4 Å². The Morgan fingerprint density at radius 1 is 1.00 bits per heavy atom. The van der Waals surface area contributed by atoms with Crippen LogP contribution in [0.1, 0.15) is 0 Å². The Hall–Kier alpha value is -2.45. The molecule has 16 heavy (non-hydrogen) atoms. The molecule has 76 valence electrons. The van der Waals surface area contributed by atoms with E-state index in [-0.39, 0.29) is 0 Å². The highest BCUT2D eigenvalue weighted by Crippen LogP contribution is 2.34. The molecular weight excluding hydrogens is 202 g/mol. The molecular formula is C12H7N3O. The third-order valence-electron chi connectivity index (χ3n) is 2.54. The zero-order chi connectivity index (χ0) is 11.0. The van der Waals surface area contributed by atoms with Crippen molar-refractivity contribution in [3.8, 4) is 0 Å². The number of fused-ring (bicyclic) bond motifs is 3. The quantitative estimate of drug-likeness (QED) is 0.330. The molecule has 0 amide bonds. The van der Waals surface area contributed by atoms with Gasteiger partial charge in [0.2, 0.25) is 0 Å². The predicted octanol–water partition coefficient (Wildman–Crippen LogP) is 4.53. The van der Waals surface area contributed by atoms with Gasteiger partial charge in [0.1, 0.15) is 11.2 Å². The smallest absolute Gasteiger partial charge is 0.144 e. The summed E-state index contributed by atoms with van der Waals surface area (Å²) in [6, 6.07) is 13.3. The summed E-state index contributed by atoms with van der Waals surface area (Å²) in [5.41, 5.74) is 10.4. The summed E-state index contributed by atoms with van der Waals surface area (Å²) in [5.74, 6) is 0. The minimum atomic E-state index is 0.524. The summed E-state index contributed by atoms with van der Waals surface area (Å²) < 4.78 is 5.67. The Bertz CT molecular complexity index is 723. The van der Waals surface area contributed by atoms with Crippen molar-refractivity contribution in [2.45, 2.75) is 0 Å². The lowest BCUT2D eigenvalue weighted by Gasteiger charge is -1.91. The molecule has 0 aliphatic rings. The molecule has 0 radical (unpaired) electrons. The standard InChI is InChI=1S/C12H7N3O/c13-15-14-10-6-3-5-9-8-4-1-2-7-11(8)16-12(9)10/h1-7H. The molecule has 0 aliphatic carbocycles. The van der Waals surface area contributed by atoms with Crippen molar-refractivity contribution in [2.24, 2.45) is 5.11 Å². The van der Waals surface area contributed by atoms with Crippen LogP contribution in [0.3, 0.4) is 0 Å². The van der Waals surface area contributed by atoms with E-state index < -0.39 is 0 Å². The predicted molar refractivity (Wildman–Crippen MR) is 62.5 cm³/mol. The van der Waals surface area contributed by atoms with Crippen LogP contribution in [0.25, 0.3) is 32.4 Å². The van der Waals surface area contributed by atoms with Crippen molar-refractivity contribution in [3.63, 3.8) is 0 Å². The summed E-state index contributed by atoms with van der Waals surface area (Å²) in [4.78, 5) is 2.79. The van der Waals surface area contributed by atoms with Crippen molar-refractivity contribution in [1.29, 1.82) is 0 Å². The molecule has 0 bridgehead atoms. The van der Waals surface area contributed by atoms with Crippen LogP contribution >= 0.6 is 0 Å². The van der Waals surface area contributed by atoms with E-state index in [0.29, 0.717) is 11.3 Å². The molecule has 1 heterocycles. The second-order valence-corrected chi connectivity index (χ2v) is 3.44. The Morgan fingerprint density at radius 3 is 2.69 bits per heavy atom. The molecule has 3 aromatic rings. The van der Waals surface area contributed by atoms with Gasteiger partial charge in [0.25, 0.3) is 0 Å². The lowest BCUT2D eigenvalue weighted by molar-refractivity contribution is 0.669. The monoisotopic (exact) mass is 209 g/mol. The van der Waals surface area contributed by atoms with Crippen LogP contribution < -0.4 is 0 Å². The number of rotatable bonds is 1. The first-order valence-corrected chi connectivity index (χ1v) is 4.85. The second kappa shape index (κ2) is 3.29. The molecule has 0 saturated carbocycles. The summed E-state index contributed by atoms with van der Waals surface area (Å²) in [6.07, 6.45) is 0. The molecule has 0 atom stereocenters. The van der Waals surface area contributed by atoms with E-state index >= 15 is 0 Å². The minimum Gasteiger partial charge on any atom is -0.456 e. The average Bonchev–Trinajstić information content (AvgIpc) is 2.69. The fourth-order valence-electron chi connectivity index (χ4n) is 1.86. The van der Waals surface area contributed by atoms with E-state index in [1.165, 1.54) is 0 Å². The topological polar surface area (TPSA) is 61.9 Å². The number of para-hydroxylation sites is 2. The zero-order valence-corrected chi connectivity index (χ0v) is 8.29. The Balaban J connectivity index is 2.53. The Kier molecular flexibility index (Phi) is 1.82. The number of benzene rings is 2. The summed E-state index contributed by atoms with van der Waals surface area (Å²) >= 11 is 0. The second-order valence-electron chi connectivity index (χ2n) is 3.44. The van der Waals surface area contributed by atoms with Crippen LogP contribution in [0.5, 0.6) is 0 Å². The number of furan rings is 1. The summed E-state index contributed by atoms with van der Waals surface area (Å²) in [5, 5.41) is 5.62. The Morgan fingerprint density at radius 2 is 1.81 bits per heavy atom. The SMILES string of the molecule is [N-]=[N+]=Nc1cccc2c1oc1ccccc12. The van der Waals surface area contributed by atoms with Crippen molar-refractivity contribution >= 4 is 27.6 Å². The summed E-state index contributed by atoms with van der Waals surface area (Å²) in [6.45, 7) is 0. The van der Waals surface area contributed by atoms with Gasteiger partial charge >= 0.3 is 0 Å². The van der Waals surface area contributed by atoms with E-state index in [2.05, 4.69) is 10.0 Å². The summed E-state index contributed by atoms with van der Waals surface area (Å²) in [7, 11) is 0. The van der Waals surface area contributed by atoms with Crippen molar-refractivity contribution in [3.05, 3.63) is 52.9 Å². The van der Waals surface area contributed by atoms with Crippen molar-refractivity contribution in [2.75, 3.05) is 0 Å². The van der Waals surface area contributed by atoms with Crippen LogP contribution in [-0.4, -0.2) is 0 Å². The van der Waals surface area contributed by atoms with E-state index in [4.69, 9.17) is 9.95 Å². The van der Waals surface area contributed by atoms with Gasteiger partial charge in [-0.05, 0) is 17.7 Å². The number of azide groups is 1. The molecule has 0 saturated heterocycles. The van der Waals surface area contributed by atoms with Gasteiger partial charge in [0.15, 0.2) is 0 Å². The zero-order valence-electron chi connectivity index (χ0n) is 8.29. The molecule has 0 fully saturated rings. The third-order valence-corrected chi connectivity index (χ3v) is 2.54. The maximum atomic E-state index is 8.47. The number of hydrogen-bond acceptors (Lipinski definition) is 2.